The first-order chi connectivity index (χ1) is 14.5. The zero-order valence-corrected chi connectivity index (χ0v) is 17.5. The fourth-order valence-electron chi connectivity index (χ4n) is 3.27. The standard InChI is InChI=1S/C18H21N9O3.ClH/c1-11(12-5-4-6-13(28)9-12)20-22-18(29)15-14(10-26-7-2-3-8-26)21-25-27(15)17-16(19)23-30-24-17;/h4-6,9,28H,2-3,7-8,10H2,1H3,(H2,19,23)(H,22,29);1H/b20-11+;. The van der Waals surface area contributed by atoms with E-state index >= 15 is 0 Å². The number of rotatable bonds is 6. The Morgan fingerprint density at radius 3 is 2.77 bits per heavy atom. The van der Waals surface area contributed by atoms with Gasteiger partial charge in [-0.2, -0.15) is 9.78 Å². The van der Waals surface area contributed by atoms with E-state index in [1.807, 2.05) is 0 Å². The third-order valence-corrected chi connectivity index (χ3v) is 4.81. The van der Waals surface area contributed by atoms with Crippen LogP contribution in [0.15, 0.2) is 34.0 Å². The first kappa shape index (κ1) is 22.2. The predicted molar refractivity (Wildman–Crippen MR) is 113 cm³/mol. The molecule has 0 spiro atoms. The summed E-state index contributed by atoms with van der Waals surface area (Å²) in [5.74, 6) is -0.358. The average molecular weight is 448 g/mol. The summed E-state index contributed by atoms with van der Waals surface area (Å²) in [7, 11) is 0. The van der Waals surface area contributed by atoms with Crippen molar-refractivity contribution >= 4 is 29.8 Å². The van der Waals surface area contributed by atoms with Crippen LogP contribution in [0.5, 0.6) is 5.75 Å². The van der Waals surface area contributed by atoms with Gasteiger partial charge in [-0.25, -0.2) is 10.1 Å². The molecule has 1 aliphatic rings. The van der Waals surface area contributed by atoms with Crippen molar-refractivity contribution in [2.75, 3.05) is 18.8 Å². The molecule has 2 aromatic heterocycles. The third-order valence-electron chi connectivity index (χ3n) is 4.81. The van der Waals surface area contributed by atoms with Crippen molar-refractivity contribution in [1.82, 2.24) is 35.6 Å². The topological polar surface area (TPSA) is 161 Å². The molecule has 12 nitrogen and oxygen atoms in total. The van der Waals surface area contributed by atoms with Gasteiger partial charge in [0.25, 0.3) is 5.91 Å². The van der Waals surface area contributed by atoms with Crippen LogP contribution < -0.4 is 11.2 Å². The Balaban J connectivity index is 0.00000272. The van der Waals surface area contributed by atoms with E-state index in [2.05, 4.69) is 40.7 Å². The normalized spacial score (nSPS) is 14.4. The smallest absolute Gasteiger partial charge is 0.292 e. The van der Waals surface area contributed by atoms with Crippen LogP contribution in [0, 0.1) is 0 Å². The number of amides is 1. The molecule has 3 aromatic rings. The summed E-state index contributed by atoms with van der Waals surface area (Å²) in [6.07, 6.45) is 2.20. The van der Waals surface area contributed by atoms with Crippen LogP contribution in [0.2, 0.25) is 0 Å². The summed E-state index contributed by atoms with van der Waals surface area (Å²) in [6, 6.07) is 6.58. The first-order valence-electron chi connectivity index (χ1n) is 9.42. The number of phenols is 1. The van der Waals surface area contributed by atoms with Gasteiger partial charge in [-0.15, -0.1) is 17.5 Å². The van der Waals surface area contributed by atoms with E-state index in [0.717, 1.165) is 25.9 Å². The molecule has 1 saturated heterocycles. The highest BCUT2D eigenvalue weighted by atomic mass is 35.5. The van der Waals surface area contributed by atoms with Crippen LogP contribution in [0.3, 0.4) is 0 Å². The number of halogens is 1. The molecular weight excluding hydrogens is 426 g/mol. The molecule has 1 fully saturated rings. The molecule has 1 amide bonds. The van der Waals surface area contributed by atoms with E-state index in [4.69, 9.17) is 5.73 Å². The lowest BCUT2D eigenvalue weighted by molar-refractivity contribution is 0.0945. The maximum absolute atomic E-state index is 13.0. The molecule has 0 bridgehead atoms. The van der Waals surface area contributed by atoms with E-state index < -0.39 is 5.91 Å². The van der Waals surface area contributed by atoms with Gasteiger partial charge < -0.3 is 10.8 Å². The summed E-state index contributed by atoms with van der Waals surface area (Å²) in [4.78, 5) is 15.2. The number of likely N-dealkylation sites (tertiary alicyclic amines) is 1. The van der Waals surface area contributed by atoms with Crippen molar-refractivity contribution in [3.05, 3.63) is 41.2 Å². The van der Waals surface area contributed by atoms with Crippen molar-refractivity contribution in [1.29, 1.82) is 0 Å². The molecular formula is C18H22ClN9O3. The number of phenolic OH excluding ortho intramolecular Hbond substituents is 1. The molecule has 13 heteroatoms. The van der Waals surface area contributed by atoms with Gasteiger partial charge >= 0.3 is 0 Å². The molecule has 164 valence electrons. The number of nitrogens with zero attached hydrogens (tertiary/aromatic N) is 7. The second-order valence-corrected chi connectivity index (χ2v) is 6.94. The van der Waals surface area contributed by atoms with Crippen molar-refractivity contribution in [2.24, 2.45) is 5.10 Å². The lowest BCUT2D eigenvalue weighted by Crippen LogP contribution is -2.26. The number of carbonyl (C=O) groups excluding carboxylic acids is 1. The van der Waals surface area contributed by atoms with Gasteiger partial charge in [-0.3, -0.25) is 9.69 Å². The third kappa shape index (κ3) is 4.81. The van der Waals surface area contributed by atoms with E-state index in [-0.39, 0.29) is 35.5 Å². The quantitative estimate of drug-likeness (QED) is 0.371. The molecule has 0 radical (unpaired) electrons. The summed E-state index contributed by atoms with van der Waals surface area (Å²) in [5, 5.41) is 29.2. The average Bonchev–Trinajstić information content (AvgIpc) is 3.47. The number of aromatic hydroxyl groups is 1. The molecule has 31 heavy (non-hydrogen) atoms. The Morgan fingerprint density at radius 1 is 1.32 bits per heavy atom. The fourth-order valence-corrected chi connectivity index (χ4v) is 3.27. The Hall–Kier alpha value is -3.51. The van der Waals surface area contributed by atoms with E-state index in [1.165, 1.54) is 4.68 Å². The monoisotopic (exact) mass is 447 g/mol. The summed E-state index contributed by atoms with van der Waals surface area (Å²) < 4.78 is 5.84. The number of nitrogens with two attached hydrogens (primary N) is 1. The highest BCUT2D eigenvalue weighted by Crippen LogP contribution is 2.19. The van der Waals surface area contributed by atoms with Crippen molar-refractivity contribution in [3.8, 4) is 11.6 Å². The molecule has 1 aromatic carbocycles. The van der Waals surface area contributed by atoms with Gasteiger partial charge in [0.05, 0.1) is 5.71 Å². The molecule has 1 aliphatic heterocycles. The minimum atomic E-state index is -0.531. The number of aromatic nitrogens is 5. The SMILES string of the molecule is C/C(=N\NC(=O)c1c(CN2CCCC2)nnn1-c1nonc1N)c1cccc(O)c1.Cl. The largest absolute Gasteiger partial charge is 0.508 e. The second kappa shape index (κ2) is 9.53. The van der Waals surface area contributed by atoms with Gasteiger partial charge in [0.2, 0.25) is 11.6 Å². The Kier molecular flexibility index (Phi) is 6.82. The molecule has 0 unspecified atom stereocenters. The van der Waals surface area contributed by atoms with Crippen LogP contribution in [-0.2, 0) is 6.54 Å². The molecule has 0 saturated carbocycles. The Bertz CT molecular complexity index is 1090. The van der Waals surface area contributed by atoms with E-state index in [0.29, 0.717) is 23.5 Å². The lowest BCUT2D eigenvalue weighted by Gasteiger charge is -2.13. The molecule has 3 heterocycles. The van der Waals surface area contributed by atoms with Gasteiger partial charge in [-0.05, 0) is 55.3 Å². The van der Waals surface area contributed by atoms with Gasteiger partial charge in [-0.1, -0.05) is 17.3 Å². The van der Waals surface area contributed by atoms with Crippen LogP contribution in [-0.4, -0.2) is 60.0 Å². The number of hydrogen-bond donors (Lipinski definition) is 3. The molecule has 4 N–H and O–H groups in total. The number of nitrogen functional groups attached to an aromatic ring is 1. The molecule has 4 rings (SSSR count). The predicted octanol–water partition coefficient (Wildman–Crippen LogP) is 1.11. The zero-order chi connectivity index (χ0) is 21.1. The maximum atomic E-state index is 13.0. The molecule has 0 atom stereocenters. The number of benzene rings is 1. The highest BCUT2D eigenvalue weighted by Gasteiger charge is 2.27. The van der Waals surface area contributed by atoms with Gasteiger partial charge in [0.15, 0.2) is 5.69 Å². The van der Waals surface area contributed by atoms with Gasteiger partial charge in [0.1, 0.15) is 11.4 Å². The van der Waals surface area contributed by atoms with Crippen LogP contribution >= 0.6 is 12.4 Å². The number of anilines is 1. The summed E-state index contributed by atoms with van der Waals surface area (Å²) in [5.41, 5.74) is 10.1. The van der Waals surface area contributed by atoms with Crippen LogP contribution in [0.4, 0.5) is 5.82 Å². The Labute approximate surface area is 183 Å². The van der Waals surface area contributed by atoms with E-state index in [9.17, 15) is 9.90 Å². The van der Waals surface area contributed by atoms with Crippen molar-refractivity contribution < 1.29 is 14.5 Å². The van der Waals surface area contributed by atoms with E-state index in [1.54, 1.807) is 31.2 Å². The zero-order valence-electron chi connectivity index (χ0n) is 16.7. The summed E-state index contributed by atoms with van der Waals surface area (Å²) in [6.45, 7) is 4.03. The van der Waals surface area contributed by atoms with Crippen LogP contribution in [0.1, 0.15) is 41.5 Å². The molecule has 0 aliphatic carbocycles. The van der Waals surface area contributed by atoms with Gasteiger partial charge in [0, 0.05) is 12.1 Å². The summed E-state index contributed by atoms with van der Waals surface area (Å²) >= 11 is 0. The minimum absolute atomic E-state index is 0. The minimum Gasteiger partial charge on any atom is -0.508 e. The number of hydrazone groups is 1. The number of carbonyl (C=O) groups is 1. The second-order valence-electron chi connectivity index (χ2n) is 6.94. The number of hydrogen-bond acceptors (Lipinski definition) is 10. The maximum Gasteiger partial charge on any atom is 0.292 e. The first-order valence-corrected chi connectivity index (χ1v) is 9.42. The van der Waals surface area contributed by atoms with Crippen LogP contribution in [0.25, 0.3) is 5.82 Å². The Morgan fingerprint density at radius 2 is 2.10 bits per heavy atom. The lowest BCUT2D eigenvalue weighted by atomic mass is 10.1. The number of nitrogens with one attached hydrogen (secondary N) is 1. The fraction of sp³-hybridized carbons (Fsp3) is 0.333. The van der Waals surface area contributed by atoms with Crippen molar-refractivity contribution in [2.45, 2.75) is 26.3 Å². The highest BCUT2D eigenvalue weighted by molar-refractivity contribution is 6.01. The van der Waals surface area contributed by atoms with Crippen molar-refractivity contribution in [3.63, 3.8) is 0 Å².